The van der Waals surface area contributed by atoms with Crippen LogP contribution in [0, 0.1) is 0 Å². The van der Waals surface area contributed by atoms with Gasteiger partial charge in [0.15, 0.2) is 0 Å². The summed E-state index contributed by atoms with van der Waals surface area (Å²) in [6, 6.07) is 10.0. The Labute approximate surface area is 251 Å². The number of amides is 2. The normalized spacial score (nSPS) is 16.6. The number of hydrogen-bond donors (Lipinski definition) is 1. The Morgan fingerprint density at radius 3 is 2.46 bits per heavy atom. The molecule has 0 spiro atoms. The topological polar surface area (TPSA) is 89.6 Å². The van der Waals surface area contributed by atoms with Gasteiger partial charge in [0.2, 0.25) is 5.91 Å². The number of nitrogens with one attached hydrogen (secondary N) is 1. The molecule has 0 radical (unpaired) electrons. The number of halogens is 2. The number of carbonyl (C=O) groups excluding carboxylic acids is 2. The van der Waals surface area contributed by atoms with Gasteiger partial charge in [0, 0.05) is 60.9 Å². The fourth-order valence-corrected chi connectivity index (χ4v) is 5.70. The van der Waals surface area contributed by atoms with E-state index in [-0.39, 0.29) is 24.3 Å². The van der Waals surface area contributed by atoms with E-state index < -0.39 is 0 Å². The highest BCUT2D eigenvalue weighted by molar-refractivity contribution is 6.35. The Balaban J connectivity index is 1.14. The molecule has 2 amide bonds. The maximum Gasteiger partial charge on any atom is 0.254 e. The van der Waals surface area contributed by atoms with Gasteiger partial charge < -0.3 is 34.1 Å². The van der Waals surface area contributed by atoms with Crippen molar-refractivity contribution in [3.8, 4) is 0 Å². The number of hydrogen-bond acceptors (Lipinski definition) is 7. The van der Waals surface area contributed by atoms with Crippen LogP contribution in [0.1, 0.15) is 45.5 Å². The van der Waals surface area contributed by atoms with Crippen LogP contribution >= 0.6 is 23.2 Å². The molecule has 4 rings (SSSR count). The lowest BCUT2D eigenvalue weighted by molar-refractivity contribution is -0.125. The van der Waals surface area contributed by atoms with E-state index in [1.54, 1.807) is 6.07 Å². The Morgan fingerprint density at radius 2 is 1.71 bits per heavy atom. The van der Waals surface area contributed by atoms with E-state index >= 15 is 0 Å². The number of likely N-dealkylation sites (N-methyl/N-ethyl adjacent to an activating group) is 1. The molecule has 2 aliphatic rings. The number of rotatable bonds is 16. The third-order valence-electron chi connectivity index (χ3n) is 7.16. The van der Waals surface area contributed by atoms with Crippen molar-refractivity contribution in [2.75, 3.05) is 79.5 Å². The molecule has 41 heavy (non-hydrogen) atoms. The van der Waals surface area contributed by atoms with Gasteiger partial charge in [0.05, 0.1) is 39.6 Å². The molecule has 2 aliphatic heterocycles. The SMILES string of the molecule is CCOCC(=O)NCCOCCOCCOCCN1Cc2ccc(C3CN(C)Cc4c(Cl)cc(Cl)cc43)cc2C1=O. The van der Waals surface area contributed by atoms with Crippen LogP contribution in [-0.2, 0) is 36.8 Å². The number of nitrogens with zero attached hydrogens (tertiary/aromatic N) is 2. The molecule has 1 N–H and O–H groups in total. The molecule has 2 aromatic rings. The quantitative estimate of drug-likeness (QED) is 0.291. The fraction of sp³-hybridized carbons (Fsp3) is 0.533. The summed E-state index contributed by atoms with van der Waals surface area (Å²) >= 11 is 12.9. The molecule has 11 heteroatoms. The first-order valence-corrected chi connectivity index (χ1v) is 14.8. The van der Waals surface area contributed by atoms with E-state index in [1.165, 1.54) is 0 Å². The minimum Gasteiger partial charge on any atom is -0.377 e. The molecule has 1 atom stereocenters. The van der Waals surface area contributed by atoms with Gasteiger partial charge in [0.25, 0.3) is 5.91 Å². The Bertz CT molecular complexity index is 1200. The lowest BCUT2D eigenvalue weighted by Gasteiger charge is -2.33. The van der Waals surface area contributed by atoms with E-state index in [0.717, 1.165) is 40.9 Å². The van der Waals surface area contributed by atoms with E-state index in [0.29, 0.717) is 75.9 Å². The summed E-state index contributed by atoms with van der Waals surface area (Å²) in [5.41, 5.74) is 5.10. The van der Waals surface area contributed by atoms with Crippen molar-refractivity contribution < 1.29 is 28.5 Å². The van der Waals surface area contributed by atoms with Crippen molar-refractivity contribution in [3.05, 3.63) is 68.2 Å². The molecule has 9 nitrogen and oxygen atoms in total. The second kappa shape index (κ2) is 15.8. The van der Waals surface area contributed by atoms with Crippen LogP contribution in [0.2, 0.25) is 10.0 Å². The number of fused-ring (bicyclic) bond motifs is 2. The molecule has 2 heterocycles. The average molecular weight is 609 g/mol. The molecule has 0 bridgehead atoms. The van der Waals surface area contributed by atoms with Crippen molar-refractivity contribution in [2.45, 2.75) is 25.9 Å². The van der Waals surface area contributed by atoms with Crippen LogP contribution in [0.25, 0.3) is 0 Å². The van der Waals surface area contributed by atoms with Crippen molar-refractivity contribution in [1.82, 2.24) is 15.1 Å². The standard InChI is InChI=1S/C30H39Cl2N3O6/c1-3-38-20-29(36)33-6-8-39-10-12-41-13-11-40-9-7-35-17-22-5-4-21(14-24(22)30(35)37)26-18-34(2)19-27-25(26)15-23(31)16-28(27)32/h4-5,14-16,26H,3,6-13,17-20H2,1-2H3,(H,33,36). The predicted molar refractivity (Wildman–Crippen MR) is 158 cm³/mol. The molecule has 2 aromatic carbocycles. The summed E-state index contributed by atoms with van der Waals surface area (Å²) in [6.07, 6.45) is 0. The van der Waals surface area contributed by atoms with Gasteiger partial charge in [0.1, 0.15) is 6.61 Å². The molecular formula is C30H39Cl2N3O6. The summed E-state index contributed by atoms with van der Waals surface area (Å²) in [4.78, 5) is 28.7. The summed E-state index contributed by atoms with van der Waals surface area (Å²) in [5.74, 6) is -0.0305. The molecule has 0 saturated carbocycles. The minimum absolute atomic E-state index is 0.0291. The van der Waals surface area contributed by atoms with Crippen LogP contribution in [0.3, 0.4) is 0 Å². The highest BCUT2D eigenvalue weighted by Crippen LogP contribution is 2.39. The predicted octanol–water partition coefficient (Wildman–Crippen LogP) is 3.73. The molecule has 0 fully saturated rings. The second-order valence-corrected chi connectivity index (χ2v) is 11.0. The number of benzene rings is 2. The smallest absolute Gasteiger partial charge is 0.254 e. The monoisotopic (exact) mass is 607 g/mol. The zero-order chi connectivity index (χ0) is 29.2. The van der Waals surface area contributed by atoms with Crippen LogP contribution in [0.15, 0.2) is 30.3 Å². The van der Waals surface area contributed by atoms with Crippen molar-refractivity contribution >= 4 is 35.0 Å². The van der Waals surface area contributed by atoms with E-state index in [4.69, 9.17) is 42.1 Å². The number of ether oxygens (including phenoxy) is 4. The van der Waals surface area contributed by atoms with Crippen LogP contribution in [0.5, 0.6) is 0 Å². The summed E-state index contributed by atoms with van der Waals surface area (Å²) in [7, 11) is 2.08. The highest BCUT2D eigenvalue weighted by Gasteiger charge is 2.31. The van der Waals surface area contributed by atoms with Gasteiger partial charge >= 0.3 is 0 Å². The van der Waals surface area contributed by atoms with Crippen molar-refractivity contribution in [1.29, 1.82) is 0 Å². The van der Waals surface area contributed by atoms with E-state index in [1.807, 2.05) is 24.0 Å². The first-order valence-electron chi connectivity index (χ1n) is 14.0. The van der Waals surface area contributed by atoms with Gasteiger partial charge in [-0.2, -0.15) is 0 Å². The Morgan fingerprint density at radius 1 is 0.976 bits per heavy atom. The molecular weight excluding hydrogens is 569 g/mol. The van der Waals surface area contributed by atoms with Gasteiger partial charge in [-0.1, -0.05) is 35.3 Å². The van der Waals surface area contributed by atoms with E-state index in [9.17, 15) is 9.59 Å². The Hall–Kier alpha value is -2.24. The minimum atomic E-state index is -0.150. The van der Waals surface area contributed by atoms with Crippen LogP contribution in [0.4, 0.5) is 0 Å². The van der Waals surface area contributed by atoms with Crippen LogP contribution in [-0.4, -0.2) is 101 Å². The average Bonchev–Trinajstić information content (AvgIpc) is 3.26. The number of carbonyl (C=O) groups is 2. The fourth-order valence-electron chi connectivity index (χ4n) is 5.13. The molecule has 1 unspecified atom stereocenters. The van der Waals surface area contributed by atoms with Crippen molar-refractivity contribution in [3.63, 3.8) is 0 Å². The van der Waals surface area contributed by atoms with Gasteiger partial charge in [-0.05, 0) is 54.4 Å². The summed E-state index contributed by atoms with van der Waals surface area (Å²) < 4.78 is 21.7. The van der Waals surface area contributed by atoms with E-state index in [2.05, 4.69) is 29.4 Å². The molecule has 224 valence electrons. The second-order valence-electron chi connectivity index (χ2n) is 10.2. The maximum atomic E-state index is 13.2. The third-order valence-corrected chi connectivity index (χ3v) is 7.72. The molecule has 0 aliphatic carbocycles. The van der Waals surface area contributed by atoms with Crippen LogP contribution < -0.4 is 5.32 Å². The largest absolute Gasteiger partial charge is 0.377 e. The third kappa shape index (κ3) is 8.88. The summed E-state index contributed by atoms with van der Waals surface area (Å²) in [5, 5.41) is 4.02. The van der Waals surface area contributed by atoms with Gasteiger partial charge in [-0.3, -0.25) is 9.59 Å². The highest BCUT2D eigenvalue weighted by atomic mass is 35.5. The van der Waals surface area contributed by atoms with Gasteiger partial charge in [-0.15, -0.1) is 0 Å². The van der Waals surface area contributed by atoms with Gasteiger partial charge in [-0.25, -0.2) is 0 Å². The first-order chi connectivity index (χ1) is 19.9. The molecule has 0 aromatic heterocycles. The maximum absolute atomic E-state index is 13.2. The van der Waals surface area contributed by atoms with Crippen molar-refractivity contribution in [2.24, 2.45) is 0 Å². The molecule has 0 saturated heterocycles. The Kier molecular flexibility index (Phi) is 12.2. The lowest BCUT2D eigenvalue weighted by atomic mass is 9.84. The zero-order valence-corrected chi connectivity index (χ0v) is 25.3. The summed E-state index contributed by atoms with van der Waals surface area (Å²) in [6.45, 7) is 8.17. The lowest BCUT2D eigenvalue weighted by Crippen LogP contribution is -2.31. The first kappa shape index (κ1) is 31.7. The zero-order valence-electron chi connectivity index (χ0n) is 23.8.